The highest BCUT2D eigenvalue weighted by Gasteiger charge is 2.29. The highest BCUT2D eigenvalue weighted by atomic mass is 32.1. The number of fused-ring (bicyclic) bond motifs is 3. The van der Waals surface area contributed by atoms with Crippen molar-refractivity contribution < 1.29 is 9.53 Å². The molecule has 1 aliphatic rings. The predicted octanol–water partition coefficient (Wildman–Crippen LogP) is 3.48. The number of nitrogens with one attached hydrogen (secondary N) is 1. The van der Waals surface area contributed by atoms with Crippen molar-refractivity contribution in [3.8, 4) is 5.75 Å². The number of imidazole rings is 1. The molecule has 2 aromatic heterocycles. The second-order valence-corrected chi connectivity index (χ2v) is 7.30. The van der Waals surface area contributed by atoms with Gasteiger partial charge in [0.1, 0.15) is 29.2 Å². The van der Waals surface area contributed by atoms with Gasteiger partial charge in [-0.1, -0.05) is 12.1 Å². The van der Waals surface area contributed by atoms with E-state index in [0.29, 0.717) is 13.0 Å². The molecular weight excluding hydrogens is 374 g/mol. The van der Waals surface area contributed by atoms with Crippen LogP contribution in [0.25, 0.3) is 11.0 Å². The summed E-state index contributed by atoms with van der Waals surface area (Å²) in [6.07, 6.45) is 4.03. The largest absolute Gasteiger partial charge is 0.486 e. The lowest BCUT2D eigenvalue weighted by molar-refractivity contribution is -0.116. The molecule has 0 spiro atoms. The first-order valence-electron chi connectivity index (χ1n) is 8.93. The number of ether oxygens (including phenoxy) is 1. The van der Waals surface area contributed by atoms with Gasteiger partial charge in [0, 0.05) is 43.0 Å². The Kier molecular flexibility index (Phi) is 4.05. The number of amides is 1. The van der Waals surface area contributed by atoms with E-state index in [4.69, 9.17) is 4.74 Å². The van der Waals surface area contributed by atoms with E-state index >= 15 is 0 Å². The molecule has 3 heterocycles. The van der Waals surface area contributed by atoms with Gasteiger partial charge < -0.3 is 14.6 Å². The van der Waals surface area contributed by atoms with E-state index in [1.165, 1.54) is 11.7 Å². The molecule has 0 aliphatic carbocycles. The maximum atomic E-state index is 12.2. The van der Waals surface area contributed by atoms with E-state index in [0.717, 1.165) is 39.4 Å². The first-order chi connectivity index (χ1) is 13.7. The van der Waals surface area contributed by atoms with Crippen molar-refractivity contribution in [1.29, 1.82) is 0 Å². The van der Waals surface area contributed by atoms with E-state index < -0.39 is 0 Å². The van der Waals surface area contributed by atoms with Crippen molar-refractivity contribution in [2.75, 3.05) is 5.32 Å². The molecule has 0 unspecified atom stereocenters. The molecule has 0 bridgehead atoms. The van der Waals surface area contributed by atoms with Crippen LogP contribution < -0.4 is 10.1 Å². The van der Waals surface area contributed by atoms with Crippen molar-refractivity contribution in [2.45, 2.75) is 18.9 Å². The van der Waals surface area contributed by atoms with Gasteiger partial charge in [-0.05, 0) is 29.8 Å². The normalized spacial score (nSPS) is 16.0. The summed E-state index contributed by atoms with van der Waals surface area (Å²) in [4.78, 5) is 16.5. The van der Waals surface area contributed by atoms with Gasteiger partial charge in [0.05, 0.1) is 11.7 Å². The van der Waals surface area contributed by atoms with Crippen LogP contribution in [-0.2, 0) is 18.4 Å². The Morgan fingerprint density at radius 2 is 2.07 bits per heavy atom. The number of hydrogen-bond acceptors (Lipinski definition) is 6. The molecule has 1 atom stereocenters. The van der Waals surface area contributed by atoms with Gasteiger partial charge in [0.25, 0.3) is 0 Å². The highest BCUT2D eigenvalue weighted by molar-refractivity contribution is 7.00. The number of rotatable bonds is 4. The van der Waals surface area contributed by atoms with E-state index in [9.17, 15) is 4.79 Å². The molecule has 0 saturated carbocycles. The Bertz CT molecular complexity index is 1170. The van der Waals surface area contributed by atoms with Gasteiger partial charge in [-0.3, -0.25) is 4.79 Å². The Hall–Kier alpha value is -3.26. The third kappa shape index (κ3) is 2.91. The van der Waals surface area contributed by atoms with Crippen LogP contribution >= 0.6 is 11.7 Å². The van der Waals surface area contributed by atoms with Crippen LogP contribution in [0.5, 0.6) is 5.75 Å². The molecule has 1 aliphatic heterocycles. The Morgan fingerprint density at radius 1 is 1.21 bits per heavy atom. The Labute approximate surface area is 165 Å². The van der Waals surface area contributed by atoms with Gasteiger partial charge in [-0.15, -0.1) is 0 Å². The molecule has 5 rings (SSSR count). The molecule has 28 heavy (non-hydrogen) atoms. The molecule has 2 aromatic carbocycles. The van der Waals surface area contributed by atoms with Crippen molar-refractivity contribution in [3.05, 3.63) is 65.7 Å². The second-order valence-electron chi connectivity index (χ2n) is 6.78. The van der Waals surface area contributed by atoms with E-state index in [1.54, 1.807) is 6.20 Å². The molecule has 7 nitrogen and oxygen atoms in total. The number of benzene rings is 2. The number of aromatic nitrogens is 4. The lowest BCUT2D eigenvalue weighted by Gasteiger charge is -2.26. The second kappa shape index (κ2) is 6.72. The van der Waals surface area contributed by atoms with Gasteiger partial charge >= 0.3 is 0 Å². The zero-order valence-corrected chi connectivity index (χ0v) is 15.9. The smallest absolute Gasteiger partial charge is 0.225 e. The Morgan fingerprint density at radius 3 is 2.86 bits per heavy atom. The lowest BCUT2D eigenvalue weighted by atomic mass is 9.84. The maximum Gasteiger partial charge on any atom is 0.225 e. The minimum atomic E-state index is -0.0556. The summed E-state index contributed by atoms with van der Waals surface area (Å²) < 4.78 is 16.6. The average molecular weight is 391 g/mol. The van der Waals surface area contributed by atoms with Crippen molar-refractivity contribution in [2.24, 2.45) is 7.05 Å². The third-order valence-corrected chi connectivity index (χ3v) is 5.59. The SMILES string of the molecule is Cn1ccnc1COc1ccc([C@@H]2CC(=O)Nc3ccc4nsnc4c32)cc1. The predicted molar refractivity (Wildman–Crippen MR) is 106 cm³/mol. The molecule has 0 fully saturated rings. The molecule has 0 saturated heterocycles. The van der Waals surface area contributed by atoms with Crippen molar-refractivity contribution in [3.63, 3.8) is 0 Å². The van der Waals surface area contributed by atoms with Crippen LogP contribution in [0, 0.1) is 0 Å². The minimum Gasteiger partial charge on any atom is -0.486 e. The Balaban J connectivity index is 1.44. The molecular formula is C20H17N5O2S. The summed E-state index contributed by atoms with van der Waals surface area (Å²) in [6, 6.07) is 11.7. The molecule has 8 heteroatoms. The molecule has 4 aromatic rings. The number of nitrogens with zero attached hydrogens (tertiary/aromatic N) is 4. The van der Waals surface area contributed by atoms with Crippen LogP contribution in [0.4, 0.5) is 5.69 Å². The number of anilines is 1. The van der Waals surface area contributed by atoms with E-state index in [1.807, 2.05) is 54.2 Å². The fourth-order valence-electron chi connectivity index (χ4n) is 3.59. The van der Waals surface area contributed by atoms with Gasteiger partial charge in [-0.2, -0.15) is 8.75 Å². The van der Waals surface area contributed by atoms with Crippen LogP contribution in [0.2, 0.25) is 0 Å². The first-order valence-corrected chi connectivity index (χ1v) is 9.66. The minimum absolute atomic E-state index is 0.00940. The monoisotopic (exact) mass is 391 g/mol. The topological polar surface area (TPSA) is 81.9 Å². The molecule has 1 amide bonds. The lowest BCUT2D eigenvalue weighted by Crippen LogP contribution is -2.23. The van der Waals surface area contributed by atoms with Crippen molar-refractivity contribution >= 4 is 34.4 Å². The third-order valence-electron chi connectivity index (χ3n) is 5.05. The first kappa shape index (κ1) is 16.9. The molecule has 1 N–H and O–H groups in total. The number of carbonyl (C=O) groups excluding carboxylic acids is 1. The zero-order chi connectivity index (χ0) is 19.1. The van der Waals surface area contributed by atoms with Gasteiger partial charge in [-0.25, -0.2) is 4.98 Å². The molecule has 0 radical (unpaired) electrons. The van der Waals surface area contributed by atoms with Gasteiger partial charge in [0.15, 0.2) is 0 Å². The average Bonchev–Trinajstić information content (AvgIpc) is 3.34. The number of aryl methyl sites for hydroxylation is 1. The number of carbonyl (C=O) groups is 1. The summed E-state index contributed by atoms with van der Waals surface area (Å²) in [5.41, 5.74) is 4.63. The van der Waals surface area contributed by atoms with Crippen LogP contribution in [-0.4, -0.2) is 24.2 Å². The van der Waals surface area contributed by atoms with Crippen molar-refractivity contribution in [1.82, 2.24) is 18.3 Å². The summed E-state index contributed by atoms with van der Waals surface area (Å²) in [6.45, 7) is 0.405. The standard InChI is InChI=1S/C20H17N5O2S/c1-25-9-8-21-17(25)11-27-13-4-2-12(3-5-13)14-10-18(26)22-15-6-7-16-20(19(14)15)24-28-23-16/h2-9,14H,10-11H2,1H3,(H,22,26)/t14-/m0/s1. The van der Waals surface area contributed by atoms with Crippen LogP contribution in [0.15, 0.2) is 48.8 Å². The fourth-order valence-corrected chi connectivity index (χ4v) is 4.14. The fraction of sp³-hybridized carbons (Fsp3) is 0.200. The van der Waals surface area contributed by atoms with E-state index in [2.05, 4.69) is 19.0 Å². The molecule has 140 valence electrons. The summed E-state index contributed by atoms with van der Waals surface area (Å²) >= 11 is 1.19. The van der Waals surface area contributed by atoms with Crippen LogP contribution in [0.3, 0.4) is 0 Å². The van der Waals surface area contributed by atoms with Gasteiger partial charge in [0.2, 0.25) is 5.91 Å². The van der Waals surface area contributed by atoms with Crippen LogP contribution in [0.1, 0.15) is 29.3 Å². The maximum absolute atomic E-state index is 12.2. The van der Waals surface area contributed by atoms with E-state index in [-0.39, 0.29) is 11.8 Å². The summed E-state index contributed by atoms with van der Waals surface area (Å²) in [5.74, 6) is 1.58. The highest BCUT2D eigenvalue weighted by Crippen LogP contribution is 2.41. The zero-order valence-electron chi connectivity index (χ0n) is 15.1. The number of hydrogen-bond donors (Lipinski definition) is 1. The summed E-state index contributed by atoms with van der Waals surface area (Å²) in [7, 11) is 1.94. The quantitative estimate of drug-likeness (QED) is 0.576. The summed E-state index contributed by atoms with van der Waals surface area (Å²) in [5, 5.41) is 2.96.